The Bertz CT molecular complexity index is 1280. The van der Waals surface area contributed by atoms with Gasteiger partial charge in [-0.2, -0.15) is 0 Å². The minimum Gasteiger partial charge on any atom is -0.508 e. The maximum Gasteiger partial charge on any atom is 0.343 e. The number of hydrogen-bond acceptors (Lipinski definition) is 7. The number of carbonyl (C=O) groups is 1. The Hall–Kier alpha value is -3.23. The molecule has 5 rings (SSSR count). The number of carbonyl (C=O) groups excluding carboxylic acids is 1. The van der Waals surface area contributed by atoms with Crippen LogP contribution in [0.1, 0.15) is 35.6 Å². The summed E-state index contributed by atoms with van der Waals surface area (Å²) in [5.41, 5.74) is 1.16. The van der Waals surface area contributed by atoms with Crippen molar-refractivity contribution in [3.05, 3.63) is 56.9 Å². The molecule has 0 unspecified atom stereocenters. The molecule has 1 aromatic carbocycles. The molecular formula is C21H18N2O6. The topological polar surface area (TPSA) is 122 Å². The van der Waals surface area contributed by atoms with Crippen molar-refractivity contribution in [2.75, 3.05) is 0 Å². The van der Waals surface area contributed by atoms with E-state index < -0.39 is 11.6 Å². The van der Waals surface area contributed by atoms with Crippen molar-refractivity contribution in [2.24, 2.45) is 0 Å². The fourth-order valence-electron chi connectivity index (χ4n) is 4.19. The molecule has 4 heterocycles. The van der Waals surface area contributed by atoms with Crippen molar-refractivity contribution < 1.29 is 24.9 Å². The van der Waals surface area contributed by atoms with Gasteiger partial charge in [0, 0.05) is 22.1 Å². The largest absolute Gasteiger partial charge is 0.508 e. The third kappa shape index (κ3) is 2.30. The van der Waals surface area contributed by atoms with E-state index in [-0.39, 0.29) is 42.1 Å². The lowest BCUT2D eigenvalue weighted by molar-refractivity contribution is -0.172. The summed E-state index contributed by atoms with van der Waals surface area (Å²) in [6.45, 7) is 1.45. The van der Waals surface area contributed by atoms with Crippen molar-refractivity contribution in [2.45, 2.75) is 38.7 Å². The number of phenols is 1. The fraction of sp³-hybridized carbons (Fsp3) is 0.286. The second-order valence-electron chi connectivity index (χ2n) is 7.43. The Morgan fingerprint density at radius 3 is 2.76 bits per heavy atom. The summed E-state index contributed by atoms with van der Waals surface area (Å²) in [5, 5.41) is 31.0. The molecule has 8 nitrogen and oxygen atoms in total. The zero-order valence-electron chi connectivity index (χ0n) is 15.6. The third-order valence-electron chi connectivity index (χ3n) is 5.88. The second-order valence-corrected chi connectivity index (χ2v) is 7.43. The van der Waals surface area contributed by atoms with E-state index in [0.717, 1.165) is 5.56 Å². The monoisotopic (exact) mass is 394 g/mol. The molecule has 1 atom stereocenters. The van der Waals surface area contributed by atoms with Gasteiger partial charge in [0.2, 0.25) is 0 Å². The molecule has 148 valence electrons. The Morgan fingerprint density at radius 2 is 2.03 bits per heavy atom. The van der Waals surface area contributed by atoms with Crippen LogP contribution in [-0.2, 0) is 34.9 Å². The molecule has 0 bridgehead atoms. The summed E-state index contributed by atoms with van der Waals surface area (Å²) < 4.78 is 6.61. The summed E-state index contributed by atoms with van der Waals surface area (Å²) in [6, 6.07) is 6.63. The number of cyclic esters (lactones) is 1. The summed E-state index contributed by atoms with van der Waals surface area (Å²) in [7, 11) is 0. The normalized spacial score (nSPS) is 19.6. The summed E-state index contributed by atoms with van der Waals surface area (Å²) >= 11 is 0. The van der Waals surface area contributed by atoms with Gasteiger partial charge in [-0.1, -0.05) is 6.92 Å². The number of aromatic hydroxyl groups is 1. The van der Waals surface area contributed by atoms with Crippen LogP contribution in [0.5, 0.6) is 5.75 Å². The molecule has 0 fully saturated rings. The minimum atomic E-state index is -1.86. The zero-order valence-corrected chi connectivity index (χ0v) is 15.6. The van der Waals surface area contributed by atoms with Crippen molar-refractivity contribution in [1.82, 2.24) is 9.55 Å². The first-order valence-corrected chi connectivity index (χ1v) is 9.31. The molecule has 2 aliphatic heterocycles. The molecule has 0 radical (unpaired) electrons. The molecule has 0 spiro atoms. The summed E-state index contributed by atoms with van der Waals surface area (Å²) in [6.07, 6.45) is 0.0822. The van der Waals surface area contributed by atoms with E-state index in [2.05, 4.69) is 4.98 Å². The number of fused-ring (bicyclic) bond motifs is 5. The van der Waals surface area contributed by atoms with Gasteiger partial charge < -0.3 is 24.6 Å². The second kappa shape index (κ2) is 5.88. The molecule has 0 saturated heterocycles. The molecular weight excluding hydrogens is 376 g/mol. The lowest BCUT2D eigenvalue weighted by Gasteiger charge is -2.31. The van der Waals surface area contributed by atoms with Gasteiger partial charge in [0.25, 0.3) is 5.56 Å². The number of esters is 1. The van der Waals surface area contributed by atoms with Crippen LogP contribution < -0.4 is 5.56 Å². The van der Waals surface area contributed by atoms with Crippen molar-refractivity contribution >= 4 is 16.9 Å². The summed E-state index contributed by atoms with van der Waals surface area (Å²) in [5.74, 6) is -0.779. The van der Waals surface area contributed by atoms with Gasteiger partial charge in [0.05, 0.1) is 35.6 Å². The van der Waals surface area contributed by atoms with Gasteiger partial charge in [0.1, 0.15) is 12.4 Å². The average molecular weight is 394 g/mol. The average Bonchev–Trinajstić information content (AvgIpc) is 3.07. The first kappa shape index (κ1) is 17.8. The van der Waals surface area contributed by atoms with Crippen molar-refractivity contribution in [3.8, 4) is 17.1 Å². The molecule has 29 heavy (non-hydrogen) atoms. The van der Waals surface area contributed by atoms with Crippen molar-refractivity contribution in [1.29, 1.82) is 0 Å². The molecule has 0 saturated carbocycles. The molecule has 0 amide bonds. The standard InChI is InChI=1S/C21H18N2O6/c1-2-21(28)14-6-16-18-11(7-23(16)19(26)13(14)9-29-20(21)27)3-10-5-17(25)12(8-24)4-15(10)22-18/h3-6,24-25,28H,2,7-9H2,1H3/t21-/m0/s1. The Balaban J connectivity index is 1.78. The minimum absolute atomic E-state index is 0.0198. The fourth-order valence-corrected chi connectivity index (χ4v) is 4.19. The van der Waals surface area contributed by atoms with E-state index in [9.17, 15) is 24.9 Å². The predicted octanol–water partition coefficient (Wildman–Crippen LogP) is 1.28. The predicted molar refractivity (Wildman–Crippen MR) is 102 cm³/mol. The maximum absolute atomic E-state index is 13.1. The molecule has 3 aromatic rings. The molecule has 8 heteroatoms. The summed E-state index contributed by atoms with van der Waals surface area (Å²) in [4.78, 5) is 29.9. The van der Waals surface area contributed by atoms with Gasteiger partial charge in [-0.25, -0.2) is 9.78 Å². The quantitative estimate of drug-likeness (QED) is 0.438. The number of aliphatic hydroxyl groups is 2. The van der Waals surface area contributed by atoms with E-state index >= 15 is 0 Å². The molecule has 0 aliphatic carbocycles. The van der Waals surface area contributed by atoms with Crippen LogP contribution >= 0.6 is 0 Å². The van der Waals surface area contributed by atoms with Crippen LogP contribution in [0.3, 0.4) is 0 Å². The molecule has 3 N–H and O–H groups in total. The number of hydrogen-bond donors (Lipinski definition) is 3. The first-order valence-electron chi connectivity index (χ1n) is 9.31. The number of ether oxygens (including phenoxy) is 1. The number of aliphatic hydroxyl groups excluding tert-OH is 1. The van der Waals surface area contributed by atoms with E-state index in [1.807, 2.05) is 6.07 Å². The highest BCUT2D eigenvalue weighted by atomic mass is 16.6. The van der Waals surface area contributed by atoms with Gasteiger partial charge in [-0.15, -0.1) is 0 Å². The maximum atomic E-state index is 13.1. The first-order chi connectivity index (χ1) is 13.9. The zero-order chi connectivity index (χ0) is 20.5. The Morgan fingerprint density at radius 1 is 1.24 bits per heavy atom. The SMILES string of the molecule is CC[C@@]1(O)C(=O)OCc2c1cc1n(c2=O)Cc2cc3cc(O)c(CO)cc3nc2-1. The molecule has 2 aliphatic rings. The van der Waals surface area contributed by atoms with E-state index in [4.69, 9.17) is 4.74 Å². The number of nitrogens with zero attached hydrogens (tertiary/aromatic N) is 2. The van der Waals surface area contributed by atoms with Crippen molar-refractivity contribution in [3.63, 3.8) is 0 Å². The highest BCUT2D eigenvalue weighted by molar-refractivity contribution is 5.87. The number of benzene rings is 1. The smallest absolute Gasteiger partial charge is 0.343 e. The number of pyridine rings is 2. The van der Waals surface area contributed by atoms with Crippen LogP contribution in [0.15, 0.2) is 29.1 Å². The van der Waals surface area contributed by atoms with Gasteiger partial charge in [-0.05, 0) is 30.7 Å². The lowest BCUT2D eigenvalue weighted by Crippen LogP contribution is -2.44. The van der Waals surface area contributed by atoms with Gasteiger partial charge in [-0.3, -0.25) is 4.79 Å². The molecule has 2 aromatic heterocycles. The van der Waals surface area contributed by atoms with E-state index in [0.29, 0.717) is 34.4 Å². The van der Waals surface area contributed by atoms with Gasteiger partial charge >= 0.3 is 5.97 Å². The van der Waals surface area contributed by atoms with Crippen LogP contribution in [0, 0.1) is 0 Å². The Kier molecular flexibility index (Phi) is 3.62. The number of rotatable bonds is 2. The highest BCUT2D eigenvalue weighted by Crippen LogP contribution is 2.39. The van der Waals surface area contributed by atoms with Crippen LogP contribution in [0.2, 0.25) is 0 Å². The highest BCUT2D eigenvalue weighted by Gasteiger charge is 2.45. The van der Waals surface area contributed by atoms with E-state index in [1.165, 1.54) is 6.07 Å². The van der Waals surface area contributed by atoms with Crippen LogP contribution in [0.25, 0.3) is 22.3 Å². The lowest BCUT2D eigenvalue weighted by atomic mass is 9.86. The number of aromatic nitrogens is 2. The van der Waals surface area contributed by atoms with E-state index in [1.54, 1.807) is 23.6 Å². The van der Waals surface area contributed by atoms with Crippen LogP contribution in [-0.4, -0.2) is 30.8 Å². The van der Waals surface area contributed by atoms with Gasteiger partial charge in [0.15, 0.2) is 5.60 Å². The third-order valence-corrected chi connectivity index (χ3v) is 5.88. The Labute approximate surface area is 164 Å². The van der Waals surface area contributed by atoms with Crippen LogP contribution in [0.4, 0.5) is 0 Å².